The summed E-state index contributed by atoms with van der Waals surface area (Å²) in [6.07, 6.45) is 7.92. The molecular weight excluding hydrogens is 312 g/mol. The number of aliphatic hydroxyl groups excluding tert-OH is 1. The summed E-state index contributed by atoms with van der Waals surface area (Å²) in [7, 11) is 0. The summed E-state index contributed by atoms with van der Waals surface area (Å²) in [6, 6.07) is 0. The first-order valence-corrected chi connectivity index (χ1v) is 10.5. The van der Waals surface area contributed by atoms with Gasteiger partial charge in [-0.15, -0.1) is 0 Å². The van der Waals surface area contributed by atoms with E-state index in [9.17, 15) is 14.7 Å². The van der Waals surface area contributed by atoms with Gasteiger partial charge in [0, 0.05) is 25.2 Å². The third kappa shape index (κ3) is 2.40. The maximum atomic E-state index is 12.5. The summed E-state index contributed by atoms with van der Waals surface area (Å²) in [5.41, 5.74) is 0.103. The molecular formula is C22H34O3. The third-order valence-corrected chi connectivity index (χ3v) is 9.15. The number of Topliss-reactive ketones (excluding diaryl/α,β-unsaturated/α-hetero) is 2. The molecule has 8 atom stereocenters. The lowest BCUT2D eigenvalue weighted by Gasteiger charge is -2.61. The van der Waals surface area contributed by atoms with Crippen LogP contribution in [0, 0.1) is 40.4 Å². The fraction of sp³-hybridized carbons (Fsp3) is 0.909. The van der Waals surface area contributed by atoms with E-state index in [1.165, 1.54) is 0 Å². The van der Waals surface area contributed by atoms with Gasteiger partial charge in [0.2, 0.25) is 0 Å². The number of hydrogen-bond donors (Lipinski definition) is 1. The highest BCUT2D eigenvalue weighted by molar-refractivity contribution is 5.82. The fourth-order valence-electron chi connectivity index (χ4n) is 7.95. The van der Waals surface area contributed by atoms with Crippen molar-refractivity contribution in [2.45, 2.75) is 84.7 Å². The van der Waals surface area contributed by atoms with Crippen molar-refractivity contribution in [1.29, 1.82) is 0 Å². The van der Waals surface area contributed by atoms with E-state index in [1.54, 1.807) is 0 Å². The van der Waals surface area contributed by atoms with Crippen molar-refractivity contribution >= 4 is 11.6 Å². The number of ketones is 2. The zero-order valence-electron chi connectivity index (χ0n) is 16.1. The van der Waals surface area contributed by atoms with Gasteiger partial charge in [-0.05, 0) is 73.0 Å². The first-order valence-electron chi connectivity index (χ1n) is 10.5. The molecule has 0 amide bonds. The Labute approximate surface area is 151 Å². The molecule has 3 nitrogen and oxygen atoms in total. The highest BCUT2D eigenvalue weighted by Gasteiger charge is 2.63. The van der Waals surface area contributed by atoms with Crippen molar-refractivity contribution in [2.75, 3.05) is 0 Å². The zero-order valence-corrected chi connectivity index (χ0v) is 16.1. The number of hydrogen-bond acceptors (Lipinski definition) is 3. The Morgan fingerprint density at radius 1 is 1.16 bits per heavy atom. The lowest BCUT2D eigenvalue weighted by atomic mass is 9.44. The van der Waals surface area contributed by atoms with E-state index < -0.39 is 0 Å². The summed E-state index contributed by atoms with van der Waals surface area (Å²) in [4.78, 5) is 24.5. The number of fused-ring (bicyclic) bond motifs is 5. The molecule has 0 aromatic rings. The van der Waals surface area contributed by atoms with Crippen molar-refractivity contribution in [2.24, 2.45) is 40.4 Å². The molecule has 1 N–H and O–H groups in total. The van der Waals surface area contributed by atoms with Gasteiger partial charge < -0.3 is 5.11 Å². The normalized spacial score (nSPS) is 52.2. The van der Waals surface area contributed by atoms with E-state index in [1.807, 2.05) is 6.92 Å². The Balaban J connectivity index is 1.66. The second-order valence-electron chi connectivity index (χ2n) is 10.0. The fourth-order valence-corrected chi connectivity index (χ4v) is 7.95. The SMILES string of the molecule is CCC(=O)C1CCC2C3CCC4CC(=O)CCC4(C)C3C(O)CC12C. The van der Waals surface area contributed by atoms with Crippen molar-refractivity contribution in [3.8, 4) is 0 Å². The summed E-state index contributed by atoms with van der Waals surface area (Å²) in [5.74, 6) is 2.88. The number of rotatable bonds is 2. The van der Waals surface area contributed by atoms with Gasteiger partial charge in [0.1, 0.15) is 11.6 Å². The lowest BCUT2D eigenvalue weighted by Crippen LogP contribution is -2.59. The molecule has 4 aliphatic carbocycles. The van der Waals surface area contributed by atoms with Crippen molar-refractivity contribution < 1.29 is 14.7 Å². The molecule has 0 bridgehead atoms. The van der Waals surface area contributed by atoms with Crippen LogP contribution >= 0.6 is 0 Å². The smallest absolute Gasteiger partial charge is 0.136 e. The summed E-state index contributed by atoms with van der Waals surface area (Å²) in [5, 5.41) is 11.3. The molecule has 4 aliphatic rings. The maximum Gasteiger partial charge on any atom is 0.136 e. The molecule has 0 radical (unpaired) electrons. The van der Waals surface area contributed by atoms with Crippen LogP contribution in [0.15, 0.2) is 0 Å². The molecule has 3 heteroatoms. The third-order valence-electron chi connectivity index (χ3n) is 9.15. The monoisotopic (exact) mass is 346 g/mol. The highest BCUT2D eigenvalue weighted by atomic mass is 16.3. The van der Waals surface area contributed by atoms with E-state index >= 15 is 0 Å². The van der Waals surface area contributed by atoms with Crippen LogP contribution in [0.1, 0.15) is 78.6 Å². The predicted molar refractivity (Wildman–Crippen MR) is 96.9 cm³/mol. The molecule has 140 valence electrons. The van der Waals surface area contributed by atoms with Crippen molar-refractivity contribution in [3.63, 3.8) is 0 Å². The molecule has 0 aliphatic heterocycles. The van der Waals surface area contributed by atoms with Gasteiger partial charge in [0.05, 0.1) is 6.10 Å². The Bertz CT molecular complexity index is 584. The van der Waals surface area contributed by atoms with Crippen LogP contribution in [0.4, 0.5) is 0 Å². The average Bonchev–Trinajstić information content (AvgIpc) is 2.91. The van der Waals surface area contributed by atoms with Gasteiger partial charge in [-0.3, -0.25) is 9.59 Å². The predicted octanol–water partition coefficient (Wildman–Crippen LogP) is 4.16. The summed E-state index contributed by atoms with van der Waals surface area (Å²) in [6.45, 7) is 6.63. The van der Waals surface area contributed by atoms with Crippen LogP contribution in [0.25, 0.3) is 0 Å². The van der Waals surface area contributed by atoms with Crippen molar-refractivity contribution in [3.05, 3.63) is 0 Å². The first-order chi connectivity index (χ1) is 11.8. The Morgan fingerprint density at radius 3 is 2.64 bits per heavy atom. The van der Waals surface area contributed by atoms with Crippen LogP contribution in [0.3, 0.4) is 0 Å². The van der Waals surface area contributed by atoms with E-state index in [0.29, 0.717) is 48.1 Å². The zero-order chi connectivity index (χ0) is 18.0. The van der Waals surface area contributed by atoms with Gasteiger partial charge in [-0.1, -0.05) is 20.8 Å². The topological polar surface area (TPSA) is 54.4 Å². The van der Waals surface area contributed by atoms with Gasteiger partial charge in [0.15, 0.2) is 0 Å². The Morgan fingerprint density at radius 2 is 1.92 bits per heavy atom. The molecule has 4 fully saturated rings. The Kier molecular flexibility index (Phi) is 4.18. The maximum absolute atomic E-state index is 12.5. The standard InChI is InChI=1S/C22H34O3/c1-4-18(24)17-8-7-16-15-6-5-13-11-14(23)9-10-21(13,2)20(15)19(25)12-22(16,17)3/h13,15-17,19-20,25H,4-12H2,1-3H3. The van der Waals surface area contributed by atoms with Crippen LogP contribution in [-0.4, -0.2) is 22.8 Å². The minimum absolute atomic E-state index is 0.0125. The molecule has 0 aromatic heterocycles. The van der Waals surface area contributed by atoms with Gasteiger partial charge >= 0.3 is 0 Å². The highest BCUT2D eigenvalue weighted by Crippen LogP contribution is 2.67. The second kappa shape index (κ2) is 5.90. The molecule has 0 aromatic carbocycles. The largest absolute Gasteiger partial charge is 0.393 e. The first kappa shape index (κ1) is 17.7. The summed E-state index contributed by atoms with van der Waals surface area (Å²) < 4.78 is 0. The molecule has 0 spiro atoms. The molecule has 8 unspecified atom stereocenters. The minimum Gasteiger partial charge on any atom is -0.393 e. The average molecular weight is 347 g/mol. The number of carbonyl (C=O) groups excluding carboxylic acids is 2. The number of carbonyl (C=O) groups is 2. The molecule has 0 saturated heterocycles. The van der Waals surface area contributed by atoms with Gasteiger partial charge in [0.25, 0.3) is 0 Å². The summed E-state index contributed by atoms with van der Waals surface area (Å²) >= 11 is 0. The molecule has 4 saturated carbocycles. The second-order valence-corrected chi connectivity index (χ2v) is 10.0. The van der Waals surface area contributed by atoms with Crippen molar-refractivity contribution in [1.82, 2.24) is 0 Å². The van der Waals surface area contributed by atoms with Crippen LogP contribution in [0.5, 0.6) is 0 Å². The molecule has 0 heterocycles. The van der Waals surface area contributed by atoms with E-state index in [2.05, 4.69) is 13.8 Å². The van der Waals surface area contributed by atoms with Crippen LogP contribution in [-0.2, 0) is 9.59 Å². The molecule has 4 rings (SSSR count). The van der Waals surface area contributed by atoms with Crippen LogP contribution < -0.4 is 0 Å². The van der Waals surface area contributed by atoms with E-state index in [4.69, 9.17) is 0 Å². The quantitative estimate of drug-likeness (QED) is 0.816. The Hall–Kier alpha value is -0.700. The van der Waals surface area contributed by atoms with E-state index in [-0.39, 0.29) is 22.9 Å². The number of aliphatic hydroxyl groups is 1. The van der Waals surface area contributed by atoms with Crippen LogP contribution in [0.2, 0.25) is 0 Å². The lowest BCUT2D eigenvalue weighted by molar-refractivity contribution is -0.174. The van der Waals surface area contributed by atoms with Gasteiger partial charge in [-0.2, -0.15) is 0 Å². The van der Waals surface area contributed by atoms with Gasteiger partial charge in [-0.25, -0.2) is 0 Å². The van der Waals surface area contributed by atoms with E-state index in [0.717, 1.165) is 44.9 Å². The molecule has 25 heavy (non-hydrogen) atoms. The minimum atomic E-state index is -0.308.